The summed E-state index contributed by atoms with van der Waals surface area (Å²) in [4.78, 5) is 11.9. The van der Waals surface area contributed by atoms with E-state index >= 15 is 0 Å². The van der Waals surface area contributed by atoms with Crippen LogP contribution in [0, 0.1) is 19.3 Å². The van der Waals surface area contributed by atoms with Crippen molar-refractivity contribution >= 4 is 5.91 Å². The molecule has 5 nitrogen and oxygen atoms in total. The first-order chi connectivity index (χ1) is 8.14. The largest absolute Gasteiger partial charge is 0.351 e. The Labute approximate surface area is 109 Å². The number of hydrogen-bond donors (Lipinski definition) is 2. The monoisotopic (exact) mass is 252 g/mol. The van der Waals surface area contributed by atoms with Crippen molar-refractivity contribution < 1.29 is 4.79 Å². The summed E-state index contributed by atoms with van der Waals surface area (Å²) in [5.74, 6) is -0.120. The molecule has 1 heterocycles. The lowest BCUT2D eigenvalue weighted by Crippen LogP contribution is -2.48. The first-order valence-corrected chi connectivity index (χ1v) is 6.17. The van der Waals surface area contributed by atoms with E-state index in [0.29, 0.717) is 6.54 Å². The maximum absolute atomic E-state index is 11.9. The Balaban J connectivity index is 2.69. The predicted octanol–water partition coefficient (Wildman–Crippen LogP) is 1.03. The fraction of sp³-hybridized carbons (Fsp3) is 0.692. The number of rotatable bonds is 3. The zero-order chi connectivity index (χ0) is 14.1. The van der Waals surface area contributed by atoms with Crippen molar-refractivity contribution in [3.8, 4) is 0 Å². The summed E-state index contributed by atoms with van der Waals surface area (Å²) in [6.45, 7) is 10.3. The van der Waals surface area contributed by atoms with Gasteiger partial charge >= 0.3 is 0 Å². The number of carbonyl (C=O) groups is 1. The van der Waals surface area contributed by atoms with Gasteiger partial charge in [0.1, 0.15) is 0 Å². The molecule has 0 bridgehead atoms. The minimum absolute atomic E-state index is 0.120. The van der Waals surface area contributed by atoms with Crippen molar-refractivity contribution in [3.63, 3.8) is 0 Å². The molecule has 0 spiro atoms. The topological polar surface area (TPSA) is 72.9 Å². The van der Waals surface area contributed by atoms with Crippen LogP contribution < -0.4 is 11.1 Å². The van der Waals surface area contributed by atoms with Gasteiger partial charge in [-0.3, -0.25) is 9.48 Å². The number of aryl methyl sites for hydroxylation is 2. The average molecular weight is 252 g/mol. The second kappa shape index (κ2) is 5.10. The lowest BCUT2D eigenvalue weighted by Gasteiger charge is -2.25. The summed E-state index contributed by atoms with van der Waals surface area (Å²) >= 11 is 0. The van der Waals surface area contributed by atoms with Gasteiger partial charge in [-0.2, -0.15) is 5.10 Å². The van der Waals surface area contributed by atoms with E-state index in [2.05, 4.69) is 10.4 Å². The zero-order valence-corrected chi connectivity index (χ0v) is 12.2. The van der Waals surface area contributed by atoms with Crippen LogP contribution in [-0.4, -0.2) is 21.7 Å². The second-order valence-corrected chi connectivity index (χ2v) is 5.83. The number of aromatic nitrogens is 2. The molecule has 1 atom stereocenters. The molecule has 1 rings (SSSR count). The molecule has 0 aromatic carbocycles. The summed E-state index contributed by atoms with van der Waals surface area (Å²) in [6, 6.07) is -0.505. The Morgan fingerprint density at radius 3 is 2.39 bits per heavy atom. The average Bonchev–Trinajstić information content (AvgIpc) is 2.48. The van der Waals surface area contributed by atoms with E-state index in [-0.39, 0.29) is 11.3 Å². The Morgan fingerprint density at radius 1 is 1.44 bits per heavy atom. The lowest BCUT2D eigenvalue weighted by molar-refractivity contribution is -0.124. The number of carbonyl (C=O) groups excluding carboxylic acids is 1. The van der Waals surface area contributed by atoms with E-state index in [0.717, 1.165) is 17.0 Å². The molecule has 0 saturated carbocycles. The van der Waals surface area contributed by atoms with Crippen LogP contribution in [0.25, 0.3) is 0 Å². The molecule has 0 aliphatic carbocycles. The highest BCUT2D eigenvalue weighted by atomic mass is 16.2. The normalized spacial score (nSPS) is 13.5. The lowest BCUT2D eigenvalue weighted by atomic mass is 9.87. The smallest absolute Gasteiger partial charge is 0.237 e. The highest BCUT2D eigenvalue weighted by molar-refractivity contribution is 5.82. The van der Waals surface area contributed by atoms with Gasteiger partial charge in [-0.05, 0) is 19.3 Å². The van der Waals surface area contributed by atoms with Crippen molar-refractivity contribution in [3.05, 3.63) is 17.0 Å². The van der Waals surface area contributed by atoms with Crippen LogP contribution >= 0.6 is 0 Å². The number of amides is 1. The van der Waals surface area contributed by atoms with Crippen LogP contribution in [-0.2, 0) is 18.4 Å². The molecule has 3 N–H and O–H groups in total. The highest BCUT2D eigenvalue weighted by Gasteiger charge is 2.27. The van der Waals surface area contributed by atoms with Crippen LogP contribution in [0.3, 0.4) is 0 Å². The highest BCUT2D eigenvalue weighted by Crippen LogP contribution is 2.17. The number of hydrogen-bond acceptors (Lipinski definition) is 3. The molecule has 1 amide bonds. The molecule has 0 radical (unpaired) electrons. The molecule has 18 heavy (non-hydrogen) atoms. The van der Waals surface area contributed by atoms with E-state index in [1.165, 1.54) is 0 Å². The first-order valence-electron chi connectivity index (χ1n) is 6.17. The van der Waals surface area contributed by atoms with E-state index in [9.17, 15) is 4.79 Å². The van der Waals surface area contributed by atoms with Gasteiger partial charge in [-0.1, -0.05) is 20.8 Å². The molecule has 0 aliphatic rings. The number of nitrogens with zero attached hydrogens (tertiary/aromatic N) is 2. The molecular weight excluding hydrogens is 228 g/mol. The molecule has 0 saturated heterocycles. The van der Waals surface area contributed by atoms with Gasteiger partial charge in [-0.25, -0.2) is 0 Å². The maximum atomic E-state index is 11.9. The summed E-state index contributed by atoms with van der Waals surface area (Å²) in [5, 5.41) is 7.20. The Hall–Kier alpha value is -1.36. The molecule has 5 heteroatoms. The Kier molecular flexibility index (Phi) is 4.16. The second-order valence-electron chi connectivity index (χ2n) is 5.83. The summed E-state index contributed by atoms with van der Waals surface area (Å²) in [7, 11) is 1.90. The quantitative estimate of drug-likeness (QED) is 0.843. The molecule has 102 valence electrons. The van der Waals surface area contributed by atoms with Gasteiger partial charge in [0.15, 0.2) is 0 Å². The molecule has 0 fully saturated rings. The van der Waals surface area contributed by atoms with Crippen LogP contribution in [0.5, 0.6) is 0 Å². The number of nitrogens with two attached hydrogens (primary N) is 1. The van der Waals surface area contributed by atoms with Crippen molar-refractivity contribution in [2.24, 2.45) is 18.2 Å². The van der Waals surface area contributed by atoms with Crippen molar-refractivity contribution in [2.75, 3.05) is 0 Å². The third-order valence-corrected chi connectivity index (χ3v) is 3.31. The fourth-order valence-corrected chi connectivity index (χ4v) is 1.75. The maximum Gasteiger partial charge on any atom is 0.237 e. The third kappa shape index (κ3) is 3.10. The van der Waals surface area contributed by atoms with E-state index in [1.807, 2.05) is 46.3 Å². The van der Waals surface area contributed by atoms with E-state index in [1.54, 1.807) is 0 Å². The minimum Gasteiger partial charge on any atom is -0.351 e. The molecule has 0 unspecified atom stereocenters. The molecule has 1 aromatic heterocycles. The van der Waals surface area contributed by atoms with Crippen molar-refractivity contribution in [1.82, 2.24) is 15.1 Å². The van der Waals surface area contributed by atoms with E-state index in [4.69, 9.17) is 5.73 Å². The standard InChI is InChI=1S/C13H24N4O/c1-8-10(9(2)17(6)16-8)7-15-12(18)11(14)13(3,4)5/h11H,7,14H2,1-6H3,(H,15,18)/t11-/m0/s1. The molecule has 1 aromatic rings. The van der Waals surface area contributed by atoms with Crippen molar-refractivity contribution in [1.29, 1.82) is 0 Å². The molecular formula is C13H24N4O. The van der Waals surface area contributed by atoms with Gasteiger partial charge in [0.25, 0.3) is 0 Å². The minimum atomic E-state index is -0.505. The molecule has 0 aliphatic heterocycles. The van der Waals surface area contributed by atoms with Gasteiger partial charge < -0.3 is 11.1 Å². The Bertz CT molecular complexity index is 443. The van der Waals surface area contributed by atoms with Gasteiger partial charge in [0, 0.05) is 24.8 Å². The van der Waals surface area contributed by atoms with Crippen LogP contribution in [0.4, 0.5) is 0 Å². The summed E-state index contributed by atoms with van der Waals surface area (Å²) < 4.78 is 1.82. The van der Waals surface area contributed by atoms with Gasteiger partial charge in [0.05, 0.1) is 11.7 Å². The summed E-state index contributed by atoms with van der Waals surface area (Å²) in [6.07, 6.45) is 0. The van der Waals surface area contributed by atoms with Crippen LogP contribution in [0.2, 0.25) is 0 Å². The van der Waals surface area contributed by atoms with Gasteiger partial charge in [0.2, 0.25) is 5.91 Å². The SMILES string of the molecule is Cc1nn(C)c(C)c1CNC(=O)[C@H](N)C(C)(C)C. The van der Waals surface area contributed by atoms with E-state index < -0.39 is 6.04 Å². The predicted molar refractivity (Wildman–Crippen MR) is 72.0 cm³/mol. The first kappa shape index (κ1) is 14.7. The zero-order valence-electron chi connectivity index (χ0n) is 12.2. The summed E-state index contributed by atoms with van der Waals surface area (Å²) in [5.41, 5.74) is 8.75. The van der Waals surface area contributed by atoms with Crippen LogP contribution in [0.15, 0.2) is 0 Å². The fourth-order valence-electron chi connectivity index (χ4n) is 1.75. The Morgan fingerprint density at radius 2 is 2.00 bits per heavy atom. The number of nitrogens with one attached hydrogen (secondary N) is 1. The van der Waals surface area contributed by atoms with Crippen LogP contribution in [0.1, 0.15) is 37.7 Å². The third-order valence-electron chi connectivity index (χ3n) is 3.31. The van der Waals surface area contributed by atoms with Crippen molar-refractivity contribution in [2.45, 2.75) is 47.2 Å². The van der Waals surface area contributed by atoms with Gasteiger partial charge in [-0.15, -0.1) is 0 Å².